The van der Waals surface area contributed by atoms with Crippen molar-refractivity contribution in [3.05, 3.63) is 0 Å². The van der Waals surface area contributed by atoms with Crippen molar-refractivity contribution in [1.82, 2.24) is 5.32 Å². The lowest BCUT2D eigenvalue weighted by Gasteiger charge is -2.31. The van der Waals surface area contributed by atoms with Gasteiger partial charge in [-0.1, -0.05) is 0 Å². The van der Waals surface area contributed by atoms with E-state index in [1.807, 2.05) is 0 Å². The molecule has 0 aromatic heterocycles. The van der Waals surface area contributed by atoms with Crippen molar-refractivity contribution in [1.29, 1.82) is 0 Å². The van der Waals surface area contributed by atoms with Crippen LogP contribution in [0.5, 0.6) is 0 Å². The topological polar surface area (TPSA) is 49.3 Å². The Labute approximate surface area is 106 Å². The smallest absolute Gasteiger partial charge is 0.248 e. The normalized spacial score (nSPS) is 33.1. The summed E-state index contributed by atoms with van der Waals surface area (Å²) in [4.78, 5) is 11.9. The number of aliphatic hydroxyl groups is 1. The molecule has 0 bridgehead atoms. The Balaban J connectivity index is 1.75. The van der Waals surface area contributed by atoms with E-state index >= 15 is 0 Å². The molecule has 0 aliphatic heterocycles. The maximum Gasteiger partial charge on any atom is 0.248 e. The van der Waals surface area contributed by atoms with Crippen LogP contribution in [0.1, 0.15) is 51.4 Å². The van der Waals surface area contributed by atoms with Gasteiger partial charge in [-0.15, -0.1) is 0 Å². The van der Waals surface area contributed by atoms with E-state index in [-0.39, 0.29) is 49.7 Å². The zero-order valence-corrected chi connectivity index (χ0v) is 10.5. The Morgan fingerprint density at radius 2 is 1.61 bits per heavy atom. The summed E-state index contributed by atoms with van der Waals surface area (Å²) in [7, 11) is 0. The largest absolute Gasteiger partial charge is 0.393 e. The lowest BCUT2D eigenvalue weighted by atomic mass is 9.85. The highest BCUT2D eigenvalue weighted by molar-refractivity contribution is 5.79. The van der Waals surface area contributed by atoms with Crippen LogP contribution in [0.2, 0.25) is 0 Å². The number of carbonyl (C=O) groups excluding carboxylic acids is 1. The number of amides is 1. The second-order valence-corrected chi connectivity index (χ2v) is 5.64. The zero-order valence-electron chi connectivity index (χ0n) is 10.5. The zero-order chi connectivity index (χ0) is 13.2. The van der Waals surface area contributed by atoms with Gasteiger partial charge < -0.3 is 10.4 Å². The van der Waals surface area contributed by atoms with E-state index in [1.165, 1.54) is 0 Å². The molecular formula is C13H21F2NO2. The Morgan fingerprint density at radius 3 is 2.17 bits per heavy atom. The molecular weight excluding hydrogens is 240 g/mol. The second kappa shape index (κ2) is 5.51. The standard InChI is InChI=1S/C13H21F2NO2/c14-13(15)7-5-9(6-8-13)12(18)16-10-1-3-11(17)4-2-10/h9-11,17H,1-8H2,(H,16,18). The number of nitrogens with one attached hydrogen (secondary N) is 1. The van der Waals surface area contributed by atoms with Crippen molar-refractivity contribution in [3.8, 4) is 0 Å². The van der Waals surface area contributed by atoms with Gasteiger partial charge in [-0.2, -0.15) is 0 Å². The van der Waals surface area contributed by atoms with Crippen LogP contribution >= 0.6 is 0 Å². The average Bonchev–Trinajstić information content (AvgIpc) is 2.32. The van der Waals surface area contributed by atoms with Crippen molar-refractivity contribution in [3.63, 3.8) is 0 Å². The van der Waals surface area contributed by atoms with Gasteiger partial charge >= 0.3 is 0 Å². The molecule has 104 valence electrons. The van der Waals surface area contributed by atoms with Crippen molar-refractivity contribution < 1.29 is 18.7 Å². The van der Waals surface area contributed by atoms with E-state index in [1.54, 1.807) is 0 Å². The van der Waals surface area contributed by atoms with Crippen molar-refractivity contribution in [2.75, 3.05) is 0 Å². The third kappa shape index (κ3) is 3.64. The van der Waals surface area contributed by atoms with Crippen LogP contribution in [-0.2, 0) is 4.79 Å². The maximum atomic E-state index is 13.0. The predicted octanol–water partition coefficient (Wildman–Crippen LogP) is 2.23. The van der Waals surface area contributed by atoms with Crippen LogP contribution in [0.3, 0.4) is 0 Å². The fourth-order valence-corrected chi connectivity index (χ4v) is 2.84. The van der Waals surface area contributed by atoms with E-state index in [4.69, 9.17) is 0 Å². The highest BCUT2D eigenvalue weighted by atomic mass is 19.3. The fraction of sp³-hybridized carbons (Fsp3) is 0.923. The van der Waals surface area contributed by atoms with Crippen LogP contribution in [0.15, 0.2) is 0 Å². The highest BCUT2D eigenvalue weighted by Gasteiger charge is 2.37. The highest BCUT2D eigenvalue weighted by Crippen LogP contribution is 2.36. The summed E-state index contributed by atoms with van der Waals surface area (Å²) >= 11 is 0. The number of carbonyl (C=O) groups is 1. The minimum Gasteiger partial charge on any atom is -0.393 e. The molecule has 1 amide bonds. The molecule has 0 unspecified atom stereocenters. The molecule has 2 aliphatic carbocycles. The number of halogens is 2. The lowest BCUT2D eigenvalue weighted by molar-refractivity contribution is -0.130. The molecule has 3 nitrogen and oxygen atoms in total. The first-order valence-electron chi connectivity index (χ1n) is 6.82. The summed E-state index contributed by atoms with van der Waals surface area (Å²) in [6, 6.07) is 0.114. The summed E-state index contributed by atoms with van der Waals surface area (Å²) in [5, 5.41) is 12.3. The summed E-state index contributed by atoms with van der Waals surface area (Å²) in [5.74, 6) is -2.91. The second-order valence-electron chi connectivity index (χ2n) is 5.64. The number of hydrogen-bond acceptors (Lipinski definition) is 2. The molecule has 0 aromatic carbocycles. The van der Waals surface area contributed by atoms with Gasteiger partial charge in [0.2, 0.25) is 11.8 Å². The average molecular weight is 261 g/mol. The number of aliphatic hydroxyl groups excluding tert-OH is 1. The number of rotatable bonds is 2. The third-order valence-corrected chi connectivity index (χ3v) is 4.13. The molecule has 5 heteroatoms. The molecule has 2 N–H and O–H groups in total. The van der Waals surface area contributed by atoms with Gasteiger partial charge in [0.05, 0.1) is 6.10 Å². The van der Waals surface area contributed by atoms with E-state index < -0.39 is 5.92 Å². The lowest BCUT2D eigenvalue weighted by Crippen LogP contribution is -2.43. The molecule has 0 saturated heterocycles. The summed E-state index contributed by atoms with van der Waals surface area (Å²) < 4.78 is 26.0. The molecule has 2 fully saturated rings. The van der Waals surface area contributed by atoms with Crippen LogP contribution in [0, 0.1) is 5.92 Å². The first-order chi connectivity index (χ1) is 8.46. The van der Waals surface area contributed by atoms with Gasteiger partial charge in [0.15, 0.2) is 0 Å². The summed E-state index contributed by atoms with van der Waals surface area (Å²) in [6.45, 7) is 0. The first kappa shape index (κ1) is 13.7. The van der Waals surface area contributed by atoms with Crippen molar-refractivity contribution in [2.45, 2.75) is 69.4 Å². The quantitative estimate of drug-likeness (QED) is 0.801. The molecule has 2 rings (SSSR count). The van der Waals surface area contributed by atoms with E-state index in [0.29, 0.717) is 12.8 Å². The predicted molar refractivity (Wildman–Crippen MR) is 63.3 cm³/mol. The van der Waals surface area contributed by atoms with E-state index in [9.17, 15) is 18.7 Å². The molecule has 0 atom stereocenters. The van der Waals surface area contributed by atoms with E-state index in [0.717, 1.165) is 12.8 Å². The van der Waals surface area contributed by atoms with Crippen LogP contribution in [-0.4, -0.2) is 29.1 Å². The molecule has 2 aliphatic rings. The van der Waals surface area contributed by atoms with Gasteiger partial charge in [-0.3, -0.25) is 4.79 Å². The van der Waals surface area contributed by atoms with Crippen LogP contribution < -0.4 is 5.32 Å². The Kier molecular flexibility index (Phi) is 4.20. The van der Waals surface area contributed by atoms with Crippen molar-refractivity contribution in [2.24, 2.45) is 5.92 Å². The summed E-state index contributed by atoms with van der Waals surface area (Å²) in [6.07, 6.45) is 2.99. The molecule has 2 saturated carbocycles. The third-order valence-electron chi connectivity index (χ3n) is 4.13. The number of alkyl halides is 2. The van der Waals surface area contributed by atoms with Crippen LogP contribution in [0.25, 0.3) is 0 Å². The molecule has 0 radical (unpaired) electrons. The Bertz CT molecular complexity index is 291. The van der Waals surface area contributed by atoms with Gasteiger partial charge in [-0.25, -0.2) is 8.78 Å². The minimum atomic E-state index is -2.58. The number of hydrogen-bond donors (Lipinski definition) is 2. The Hall–Kier alpha value is -0.710. The molecule has 0 aromatic rings. The Morgan fingerprint density at radius 1 is 1.06 bits per heavy atom. The van der Waals surface area contributed by atoms with Crippen molar-refractivity contribution >= 4 is 5.91 Å². The molecule has 18 heavy (non-hydrogen) atoms. The van der Waals surface area contributed by atoms with Gasteiger partial charge in [0.1, 0.15) is 0 Å². The van der Waals surface area contributed by atoms with Gasteiger partial charge in [-0.05, 0) is 38.5 Å². The van der Waals surface area contributed by atoms with E-state index in [2.05, 4.69) is 5.32 Å². The minimum absolute atomic E-state index is 0.0770. The molecule has 0 spiro atoms. The monoisotopic (exact) mass is 261 g/mol. The van der Waals surface area contributed by atoms with Crippen LogP contribution in [0.4, 0.5) is 8.78 Å². The van der Waals surface area contributed by atoms with Gasteiger partial charge in [0.25, 0.3) is 0 Å². The SMILES string of the molecule is O=C(NC1CCC(O)CC1)C1CCC(F)(F)CC1. The molecule has 0 heterocycles. The first-order valence-corrected chi connectivity index (χ1v) is 6.82. The summed E-state index contributed by atoms with van der Waals surface area (Å²) in [5.41, 5.74) is 0. The van der Waals surface area contributed by atoms with Gasteiger partial charge in [0, 0.05) is 24.8 Å². The fourth-order valence-electron chi connectivity index (χ4n) is 2.84. The maximum absolute atomic E-state index is 13.0.